The summed E-state index contributed by atoms with van der Waals surface area (Å²) >= 11 is 1.25. The maximum atomic E-state index is 14.5. The van der Waals surface area contributed by atoms with Crippen LogP contribution in [-0.2, 0) is 16.8 Å². The molecule has 0 spiro atoms. The number of primary amides is 1. The van der Waals surface area contributed by atoms with Gasteiger partial charge in [0.1, 0.15) is 17.3 Å². The minimum Gasteiger partial charge on any atom is -0.491 e. The van der Waals surface area contributed by atoms with Gasteiger partial charge in [0.25, 0.3) is 5.91 Å². The van der Waals surface area contributed by atoms with E-state index in [1.807, 2.05) is 0 Å². The van der Waals surface area contributed by atoms with Gasteiger partial charge >= 0.3 is 6.18 Å². The SMILES string of the molecule is CCOc1c(CC(N)=O)cc([C@@](O)(CNC(=O)c2ccc3nc(NC)sc3c2)C(F)(F)F)nc1-c1ccc(F)cc1. The van der Waals surface area contributed by atoms with Gasteiger partial charge in [0, 0.05) is 23.7 Å². The molecule has 0 fully saturated rings. The Morgan fingerprint density at radius 2 is 1.80 bits per heavy atom. The highest BCUT2D eigenvalue weighted by molar-refractivity contribution is 7.22. The van der Waals surface area contributed by atoms with E-state index in [4.69, 9.17) is 10.5 Å². The van der Waals surface area contributed by atoms with Crippen molar-refractivity contribution in [3.8, 4) is 17.0 Å². The van der Waals surface area contributed by atoms with Crippen molar-refractivity contribution < 1.29 is 37.0 Å². The van der Waals surface area contributed by atoms with Crippen LogP contribution in [0, 0.1) is 5.82 Å². The Labute approximate surface area is 235 Å². The van der Waals surface area contributed by atoms with Gasteiger partial charge in [-0.15, -0.1) is 0 Å². The lowest BCUT2D eigenvalue weighted by atomic mass is 9.93. The van der Waals surface area contributed by atoms with Crippen LogP contribution >= 0.6 is 11.3 Å². The molecule has 216 valence electrons. The second kappa shape index (κ2) is 11.7. The van der Waals surface area contributed by atoms with Crippen LogP contribution in [0.1, 0.15) is 28.5 Å². The summed E-state index contributed by atoms with van der Waals surface area (Å²) in [6, 6.07) is 9.97. The minimum atomic E-state index is -5.33. The molecule has 4 rings (SSSR count). The maximum absolute atomic E-state index is 14.5. The van der Waals surface area contributed by atoms with E-state index in [2.05, 4.69) is 20.6 Å². The fourth-order valence-corrected chi connectivity index (χ4v) is 4.90. The molecule has 41 heavy (non-hydrogen) atoms. The number of benzene rings is 2. The molecule has 14 heteroatoms. The van der Waals surface area contributed by atoms with Crippen molar-refractivity contribution in [1.29, 1.82) is 0 Å². The Bertz CT molecular complexity index is 1590. The summed E-state index contributed by atoms with van der Waals surface area (Å²) in [5.74, 6) is -2.41. The Morgan fingerprint density at radius 3 is 2.41 bits per heavy atom. The number of alkyl halides is 3. The highest BCUT2D eigenvalue weighted by Crippen LogP contribution is 2.42. The first kappa shape index (κ1) is 29.7. The Hall–Kier alpha value is -4.30. The zero-order valence-electron chi connectivity index (χ0n) is 21.8. The van der Waals surface area contributed by atoms with E-state index in [0.29, 0.717) is 15.3 Å². The predicted molar refractivity (Wildman–Crippen MR) is 145 cm³/mol. The van der Waals surface area contributed by atoms with Crippen molar-refractivity contribution in [2.45, 2.75) is 25.1 Å². The van der Waals surface area contributed by atoms with Gasteiger partial charge in [-0.05, 0) is 55.5 Å². The third kappa shape index (κ3) is 6.23. The average Bonchev–Trinajstić information content (AvgIpc) is 3.34. The molecule has 9 nitrogen and oxygen atoms in total. The number of nitrogens with two attached hydrogens (primary N) is 1. The van der Waals surface area contributed by atoms with Crippen molar-refractivity contribution in [2.24, 2.45) is 5.73 Å². The quantitative estimate of drug-likeness (QED) is 0.203. The Kier molecular flexibility index (Phi) is 8.44. The van der Waals surface area contributed by atoms with Gasteiger partial charge in [-0.2, -0.15) is 13.2 Å². The van der Waals surface area contributed by atoms with Crippen LogP contribution in [0.2, 0.25) is 0 Å². The Morgan fingerprint density at radius 1 is 1.10 bits per heavy atom. The maximum Gasteiger partial charge on any atom is 0.424 e. The molecule has 2 heterocycles. The number of anilines is 1. The monoisotopic (exact) mass is 591 g/mol. The predicted octanol–water partition coefficient (Wildman–Crippen LogP) is 4.15. The second-order valence-corrected chi connectivity index (χ2v) is 9.95. The molecule has 2 aromatic heterocycles. The number of nitrogens with one attached hydrogen (secondary N) is 2. The van der Waals surface area contributed by atoms with Gasteiger partial charge in [-0.3, -0.25) is 9.59 Å². The molecule has 4 aromatic rings. The molecule has 1 atom stereocenters. The zero-order chi connectivity index (χ0) is 29.9. The fourth-order valence-electron chi connectivity index (χ4n) is 4.04. The number of carbonyl (C=O) groups excluding carboxylic acids is 2. The van der Waals surface area contributed by atoms with E-state index in [0.717, 1.165) is 18.2 Å². The molecule has 0 bridgehead atoms. The van der Waals surface area contributed by atoms with Crippen molar-refractivity contribution in [3.63, 3.8) is 0 Å². The summed E-state index contributed by atoms with van der Waals surface area (Å²) in [7, 11) is 1.68. The summed E-state index contributed by atoms with van der Waals surface area (Å²) in [6.07, 6.45) is -5.86. The summed E-state index contributed by atoms with van der Waals surface area (Å²) in [4.78, 5) is 33.0. The number of rotatable bonds is 10. The number of fused-ring (bicyclic) bond motifs is 1. The van der Waals surface area contributed by atoms with Gasteiger partial charge in [-0.25, -0.2) is 14.4 Å². The van der Waals surface area contributed by atoms with Crippen LogP contribution in [-0.4, -0.2) is 53.3 Å². The summed E-state index contributed by atoms with van der Waals surface area (Å²) in [5.41, 5.74) is 1.29. The summed E-state index contributed by atoms with van der Waals surface area (Å²) < 4.78 is 63.3. The minimum absolute atomic E-state index is 0.0472. The molecule has 0 saturated heterocycles. The van der Waals surface area contributed by atoms with Crippen LogP contribution in [0.25, 0.3) is 21.5 Å². The first-order valence-corrected chi connectivity index (χ1v) is 13.0. The highest BCUT2D eigenvalue weighted by atomic mass is 32.1. The lowest BCUT2D eigenvalue weighted by molar-refractivity contribution is -0.265. The topological polar surface area (TPSA) is 139 Å². The molecule has 0 saturated carbocycles. The van der Waals surface area contributed by atoms with Gasteiger partial charge in [-0.1, -0.05) is 11.3 Å². The van der Waals surface area contributed by atoms with Gasteiger partial charge in [0.15, 0.2) is 5.13 Å². The molecule has 0 aliphatic carbocycles. The number of aromatic nitrogens is 2. The van der Waals surface area contributed by atoms with Gasteiger partial charge < -0.3 is 26.2 Å². The number of aliphatic hydroxyl groups is 1. The number of carbonyl (C=O) groups is 2. The third-order valence-electron chi connectivity index (χ3n) is 6.08. The van der Waals surface area contributed by atoms with Gasteiger partial charge in [0.05, 0.1) is 35.5 Å². The number of hydrogen-bond acceptors (Lipinski definition) is 8. The number of thiazole rings is 1. The molecule has 0 unspecified atom stereocenters. The molecular weight excluding hydrogens is 566 g/mol. The van der Waals surface area contributed by atoms with E-state index in [-0.39, 0.29) is 34.7 Å². The molecule has 0 aliphatic rings. The summed E-state index contributed by atoms with van der Waals surface area (Å²) in [6.45, 7) is 0.360. The van der Waals surface area contributed by atoms with Gasteiger partial charge in [0.2, 0.25) is 11.5 Å². The van der Waals surface area contributed by atoms with Crippen LogP contribution in [0.4, 0.5) is 22.7 Å². The first-order valence-electron chi connectivity index (χ1n) is 12.2. The Balaban J connectivity index is 1.77. The van der Waals surface area contributed by atoms with Crippen LogP contribution < -0.4 is 21.1 Å². The third-order valence-corrected chi connectivity index (χ3v) is 7.12. The van der Waals surface area contributed by atoms with E-state index >= 15 is 0 Å². The van der Waals surface area contributed by atoms with E-state index in [9.17, 15) is 32.3 Å². The number of halogens is 4. The van der Waals surface area contributed by atoms with Crippen LogP contribution in [0.5, 0.6) is 5.75 Å². The molecular formula is C27H25F4N5O4S. The van der Waals surface area contributed by atoms with E-state index in [1.165, 1.54) is 35.6 Å². The van der Waals surface area contributed by atoms with Crippen molar-refractivity contribution in [2.75, 3.05) is 25.5 Å². The second-order valence-electron chi connectivity index (χ2n) is 8.92. The number of pyridine rings is 1. The highest BCUT2D eigenvalue weighted by Gasteiger charge is 2.56. The average molecular weight is 592 g/mol. The number of amides is 2. The van der Waals surface area contributed by atoms with Crippen molar-refractivity contribution >= 4 is 38.5 Å². The molecule has 0 radical (unpaired) electrons. The number of hydrogen-bond donors (Lipinski definition) is 4. The van der Waals surface area contributed by atoms with Crippen molar-refractivity contribution in [1.82, 2.24) is 15.3 Å². The first-order chi connectivity index (χ1) is 19.4. The number of nitrogens with zero attached hydrogens (tertiary/aromatic N) is 2. The number of ether oxygens (including phenoxy) is 1. The standard InChI is InChI=1S/C27H25F4N5O4S/c1-3-40-23-16(12-21(32)37)11-20(36-22(23)14-4-7-17(28)8-5-14)26(39,27(29,30)31)13-34-24(38)15-6-9-18-19(10-15)41-25(33-2)35-18/h4-11,39H,3,12-13H2,1-2H3,(H2,32,37)(H,33,35)(H,34,38)/t26-/m0/s1. The van der Waals surface area contributed by atoms with Crippen molar-refractivity contribution in [3.05, 3.63) is 71.2 Å². The lowest BCUT2D eigenvalue weighted by Crippen LogP contribution is -2.51. The molecule has 0 aliphatic heterocycles. The molecule has 2 aromatic carbocycles. The lowest BCUT2D eigenvalue weighted by Gasteiger charge is -2.31. The molecule has 5 N–H and O–H groups in total. The zero-order valence-corrected chi connectivity index (χ0v) is 22.6. The van der Waals surface area contributed by atoms with Crippen LogP contribution in [0.3, 0.4) is 0 Å². The smallest absolute Gasteiger partial charge is 0.424 e. The van der Waals surface area contributed by atoms with E-state index in [1.54, 1.807) is 20.0 Å². The molecule has 2 amide bonds. The fraction of sp³-hybridized carbons (Fsp3) is 0.259. The van der Waals surface area contributed by atoms with E-state index < -0.39 is 48.1 Å². The largest absolute Gasteiger partial charge is 0.491 e. The summed E-state index contributed by atoms with van der Waals surface area (Å²) in [5, 5.41) is 16.7. The normalized spacial score (nSPS) is 13.0. The van der Waals surface area contributed by atoms with Crippen LogP contribution in [0.15, 0.2) is 48.5 Å².